The predicted octanol–water partition coefficient (Wildman–Crippen LogP) is 2.57. The molecule has 1 unspecified atom stereocenters. The van der Waals surface area contributed by atoms with Crippen LogP contribution >= 0.6 is 0 Å². The van der Waals surface area contributed by atoms with Crippen molar-refractivity contribution in [2.45, 2.75) is 71.5 Å². The van der Waals surface area contributed by atoms with Crippen LogP contribution in [-0.4, -0.2) is 60.6 Å². The van der Waals surface area contributed by atoms with Crippen molar-refractivity contribution in [1.29, 1.82) is 0 Å². The van der Waals surface area contributed by atoms with E-state index in [-0.39, 0.29) is 5.54 Å². The minimum absolute atomic E-state index is 0.241. The molecule has 0 saturated carbocycles. The number of rotatable bonds is 6. The molecule has 3 nitrogen and oxygen atoms in total. The van der Waals surface area contributed by atoms with Gasteiger partial charge < -0.3 is 15.1 Å². The molecule has 1 saturated heterocycles. The predicted molar refractivity (Wildman–Crippen MR) is 84.7 cm³/mol. The molecule has 1 rings (SSSR count). The maximum Gasteiger partial charge on any atom is 0.0119 e. The van der Waals surface area contributed by atoms with Gasteiger partial charge in [0.2, 0.25) is 0 Å². The smallest absolute Gasteiger partial charge is 0.0119 e. The standard InChI is InChI=1S/C16H35N3/c1-7-19-12-9-15(10-13-19)18(6)14(2)8-11-17-16(3,4)5/h14-15,17H,7-13H2,1-6H3. The fourth-order valence-corrected chi connectivity index (χ4v) is 2.86. The lowest BCUT2D eigenvalue weighted by Crippen LogP contribution is -2.47. The highest BCUT2D eigenvalue weighted by atomic mass is 15.2. The third kappa shape index (κ3) is 6.24. The monoisotopic (exact) mass is 269 g/mol. The van der Waals surface area contributed by atoms with Gasteiger partial charge in [0.05, 0.1) is 0 Å². The van der Waals surface area contributed by atoms with Crippen molar-refractivity contribution < 1.29 is 0 Å². The van der Waals surface area contributed by atoms with Crippen molar-refractivity contribution in [3.8, 4) is 0 Å². The Morgan fingerprint density at radius 2 is 1.84 bits per heavy atom. The zero-order valence-electron chi connectivity index (χ0n) is 14.0. The second-order valence-corrected chi connectivity index (χ2v) is 7.15. The van der Waals surface area contributed by atoms with Gasteiger partial charge >= 0.3 is 0 Å². The summed E-state index contributed by atoms with van der Waals surface area (Å²) in [4.78, 5) is 5.17. The minimum Gasteiger partial charge on any atom is -0.312 e. The third-order valence-electron chi connectivity index (χ3n) is 4.49. The third-order valence-corrected chi connectivity index (χ3v) is 4.49. The largest absolute Gasteiger partial charge is 0.312 e. The molecule has 0 amide bonds. The molecule has 0 bridgehead atoms. The van der Waals surface area contributed by atoms with E-state index < -0.39 is 0 Å². The lowest BCUT2D eigenvalue weighted by atomic mass is 10.0. The fraction of sp³-hybridized carbons (Fsp3) is 1.00. The zero-order valence-corrected chi connectivity index (χ0v) is 14.0. The van der Waals surface area contributed by atoms with Gasteiger partial charge in [-0.05, 0) is 80.2 Å². The lowest BCUT2D eigenvalue weighted by Gasteiger charge is -2.39. The number of likely N-dealkylation sites (tertiary alicyclic amines) is 1. The van der Waals surface area contributed by atoms with Crippen molar-refractivity contribution in [3.05, 3.63) is 0 Å². The van der Waals surface area contributed by atoms with E-state index in [0.717, 1.165) is 12.6 Å². The summed E-state index contributed by atoms with van der Waals surface area (Å²) in [6, 6.07) is 1.46. The highest BCUT2D eigenvalue weighted by Gasteiger charge is 2.24. The average molecular weight is 269 g/mol. The Balaban J connectivity index is 2.26. The Labute approximate surface area is 120 Å². The van der Waals surface area contributed by atoms with E-state index >= 15 is 0 Å². The first-order chi connectivity index (χ1) is 8.83. The van der Waals surface area contributed by atoms with Crippen LogP contribution in [0, 0.1) is 0 Å². The quantitative estimate of drug-likeness (QED) is 0.799. The summed E-state index contributed by atoms with van der Waals surface area (Å²) in [6.45, 7) is 16.2. The molecule has 1 aliphatic rings. The summed E-state index contributed by atoms with van der Waals surface area (Å²) in [5.74, 6) is 0. The van der Waals surface area contributed by atoms with E-state index in [0.29, 0.717) is 6.04 Å². The molecule has 1 aliphatic heterocycles. The molecule has 0 radical (unpaired) electrons. The molecule has 1 N–H and O–H groups in total. The number of nitrogens with zero attached hydrogens (tertiary/aromatic N) is 2. The van der Waals surface area contributed by atoms with Crippen LogP contribution in [-0.2, 0) is 0 Å². The van der Waals surface area contributed by atoms with E-state index in [1.54, 1.807) is 0 Å². The molecule has 0 aliphatic carbocycles. The Morgan fingerprint density at radius 1 is 1.26 bits per heavy atom. The summed E-state index contributed by atoms with van der Waals surface area (Å²) in [5.41, 5.74) is 0.241. The average Bonchev–Trinajstić information content (AvgIpc) is 2.36. The van der Waals surface area contributed by atoms with Crippen LogP contribution < -0.4 is 5.32 Å². The second-order valence-electron chi connectivity index (χ2n) is 7.15. The number of nitrogens with one attached hydrogen (secondary N) is 1. The van der Waals surface area contributed by atoms with E-state index in [1.165, 1.54) is 38.9 Å². The van der Waals surface area contributed by atoms with E-state index in [9.17, 15) is 0 Å². The summed E-state index contributed by atoms with van der Waals surface area (Å²) >= 11 is 0. The molecule has 3 heteroatoms. The summed E-state index contributed by atoms with van der Waals surface area (Å²) < 4.78 is 0. The van der Waals surface area contributed by atoms with Gasteiger partial charge in [-0.25, -0.2) is 0 Å². The molecular weight excluding hydrogens is 234 g/mol. The van der Waals surface area contributed by atoms with Crippen molar-refractivity contribution in [1.82, 2.24) is 15.1 Å². The van der Waals surface area contributed by atoms with Gasteiger partial charge in [0.1, 0.15) is 0 Å². The first-order valence-electron chi connectivity index (χ1n) is 8.03. The van der Waals surface area contributed by atoms with Crippen molar-refractivity contribution in [3.63, 3.8) is 0 Å². The van der Waals surface area contributed by atoms with Crippen molar-refractivity contribution >= 4 is 0 Å². The molecule has 0 aromatic carbocycles. The van der Waals surface area contributed by atoms with Crippen LogP contribution in [0.2, 0.25) is 0 Å². The maximum atomic E-state index is 3.59. The Hall–Kier alpha value is -0.120. The van der Waals surface area contributed by atoms with Gasteiger partial charge in [0.25, 0.3) is 0 Å². The van der Waals surface area contributed by atoms with Gasteiger partial charge in [0.15, 0.2) is 0 Å². The highest BCUT2D eigenvalue weighted by molar-refractivity contribution is 4.81. The van der Waals surface area contributed by atoms with Crippen LogP contribution in [0.5, 0.6) is 0 Å². The molecule has 1 heterocycles. The summed E-state index contributed by atoms with van der Waals surface area (Å²) in [6.07, 6.45) is 3.91. The topological polar surface area (TPSA) is 18.5 Å². The molecule has 0 spiro atoms. The summed E-state index contributed by atoms with van der Waals surface area (Å²) in [7, 11) is 2.31. The fourth-order valence-electron chi connectivity index (χ4n) is 2.86. The number of hydrogen-bond acceptors (Lipinski definition) is 3. The van der Waals surface area contributed by atoms with Gasteiger partial charge in [-0.1, -0.05) is 6.92 Å². The molecule has 1 atom stereocenters. The van der Waals surface area contributed by atoms with E-state index in [4.69, 9.17) is 0 Å². The van der Waals surface area contributed by atoms with E-state index in [1.807, 2.05) is 0 Å². The molecule has 0 aromatic heterocycles. The molecule has 19 heavy (non-hydrogen) atoms. The summed E-state index contributed by atoms with van der Waals surface area (Å²) in [5, 5.41) is 3.59. The van der Waals surface area contributed by atoms with Gasteiger partial charge in [-0.2, -0.15) is 0 Å². The Bertz CT molecular complexity index is 239. The molecule has 114 valence electrons. The molecule has 1 fully saturated rings. The normalized spacial score (nSPS) is 21.0. The van der Waals surface area contributed by atoms with E-state index in [2.05, 4.69) is 56.8 Å². The number of hydrogen-bond donors (Lipinski definition) is 1. The second kappa shape index (κ2) is 7.61. The van der Waals surface area contributed by atoms with Crippen LogP contribution in [0.25, 0.3) is 0 Å². The van der Waals surface area contributed by atoms with Gasteiger partial charge in [-0.3, -0.25) is 0 Å². The van der Waals surface area contributed by atoms with Crippen LogP contribution in [0.1, 0.15) is 53.9 Å². The molecular formula is C16H35N3. The minimum atomic E-state index is 0.241. The van der Waals surface area contributed by atoms with Crippen LogP contribution in [0.15, 0.2) is 0 Å². The van der Waals surface area contributed by atoms with Crippen molar-refractivity contribution in [2.75, 3.05) is 33.2 Å². The van der Waals surface area contributed by atoms with Crippen molar-refractivity contribution in [2.24, 2.45) is 0 Å². The maximum absolute atomic E-state index is 3.59. The SMILES string of the molecule is CCN1CCC(N(C)C(C)CCNC(C)(C)C)CC1. The zero-order chi connectivity index (χ0) is 14.5. The van der Waals surface area contributed by atoms with Crippen LogP contribution in [0.3, 0.4) is 0 Å². The van der Waals surface area contributed by atoms with Gasteiger partial charge in [-0.15, -0.1) is 0 Å². The molecule has 0 aromatic rings. The van der Waals surface area contributed by atoms with Gasteiger partial charge in [0, 0.05) is 17.6 Å². The Kier molecular flexibility index (Phi) is 6.78. The highest BCUT2D eigenvalue weighted by Crippen LogP contribution is 2.18. The Morgan fingerprint density at radius 3 is 2.32 bits per heavy atom. The first-order valence-corrected chi connectivity index (χ1v) is 8.03. The number of piperidine rings is 1. The lowest BCUT2D eigenvalue weighted by molar-refractivity contribution is 0.100. The first kappa shape index (κ1) is 16.9. The van der Waals surface area contributed by atoms with Crippen LogP contribution in [0.4, 0.5) is 0 Å².